The summed E-state index contributed by atoms with van der Waals surface area (Å²) in [6.45, 7) is 1.16. The third kappa shape index (κ3) is 3.65. The van der Waals surface area contributed by atoms with Gasteiger partial charge in [0.2, 0.25) is 5.91 Å². The van der Waals surface area contributed by atoms with Gasteiger partial charge in [0.15, 0.2) is 0 Å². The fourth-order valence-electron chi connectivity index (χ4n) is 2.03. The van der Waals surface area contributed by atoms with Crippen LogP contribution in [0.3, 0.4) is 0 Å². The van der Waals surface area contributed by atoms with Gasteiger partial charge < -0.3 is 10.6 Å². The second kappa shape index (κ2) is 5.99. The smallest absolute Gasteiger partial charge is 0.288 e. The Labute approximate surface area is 115 Å². The number of nitrogens with one attached hydrogen (secondary N) is 2. The molecule has 1 heterocycles. The first kappa shape index (κ1) is 13.8. The van der Waals surface area contributed by atoms with Crippen molar-refractivity contribution in [1.82, 2.24) is 10.6 Å². The van der Waals surface area contributed by atoms with E-state index in [9.17, 15) is 14.9 Å². The van der Waals surface area contributed by atoms with Crippen molar-refractivity contribution >= 4 is 23.2 Å². The Kier molecular flexibility index (Phi) is 4.34. The lowest BCUT2D eigenvalue weighted by Gasteiger charge is -2.11. The summed E-state index contributed by atoms with van der Waals surface area (Å²) < 4.78 is 0. The van der Waals surface area contributed by atoms with Crippen LogP contribution in [0.4, 0.5) is 5.69 Å². The van der Waals surface area contributed by atoms with Crippen LogP contribution < -0.4 is 10.6 Å². The van der Waals surface area contributed by atoms with E-state index in [0.29, 0.717) is 19.5 Å². The number of halogens is 1. The Morgan fingerprint density at radius 1 is 1.53 bits per heavy atom. The fourth-order valence-corrected chi connectivity index (χ4v) is 2.22. The van der Waals surface area contributed by atoms with Crippen molar-refractivity contribution in [1.29, 1.82) is 0 Å². The molecule has 1 aliphatic rings. The largest absolute Gasteiger partial charge is 0.352 e. The number of benzene rings is 1. The molecule has 19 heavy (non-hydrogen) atoms. The van der Waals surface area contributed by atoms with Crippen LogP contribution in [-0.2, 0) is 11.3 Å². The zero-order chi connectivity index (χ0) is 13.8. The maximum atomic E-state index is 11.0. The number of hydrogen-bond donors (Lipinski definition) is 2. The third-order valence-corrected chi connectivity index (χ3v) is 3.33. The molecule has 1 aromatic rings. The van der Waals surface area contributed by atoms with E-state index in [-0.39, 0.29) is 22.7 Å². The minimum atomic E-state index is -0.497. The maximum Gasteiger partial charge on any atom is 0.288 e. The van der Waals surface area contributed by atoms with Crippen LogP contribution >= 0.6 is 11.6 Å². The number of carbonyl (C=O) groups excluding carboxylic acids is 1. The Morgan fingerprint density at radius 2 is 2.32 bits per heavy atom. The van der Waals surface area contributed by atoms with Crippen LogP contribution in [0.1, 0.15) is 18.4 Å². The standard InChI is InChI=1S/C12H14ClN3O3/c13-10-3-1-8(5-11(10)16(18)19)6-14-7-9-2-4-12(17)15-9/h1,3,5,9,14H,2,4,6-7H2,(H,15,17). The summed E-state index contributed by atoms with van der Waals surface area (Å²) in [5, 5.41) is 16.9. The third-order valence-electron chi connectivity index (χ3n) is 3.01. The van der Waals surface area contributed by atoms with Crippen molar-refractivity contribution in [3.63, 3.8) is 0 Å². The molecule has 6 nitrogen and oxygen atoms in total. The van der Waals surface area contributed by atoms with Gasteiger partial charge in [0.1, 0.15) is 5.02 Å². The highest BCUT2D eigenvalue weighted by Gasteiger charge is 2.20. The minimum absolute atomic E-state index is 0.0777. The quantitative estimate of drug-likeness (QED) is 0.635. The lowest BCUT2D eigenvalue weighted by atomic mass is 10.2. The van der Waals surface area contributed by atoms with Crippen LogP contribution in [0.5, 0.6) is 0 Å². The molecule has 0 saturated carbocycles. The zero-order valence-electron chi connectivity index (χ0n) is 10.2. The molecule has 1 atom stereocenters. The predicted octanol–water partition coefficient (Wildman–Crippen LogP) is 1.62. The molecule has 1 unspecified atom stereocenters. The molecule has 0 radical (unpaired) electrons. The molecule has 1 saturated heterocycles. The summed E-state index contributed by atoms with van der Waals surface area (Å²) >= 11 is 5.74. The molecule has 1 aliphatic heterocycles. The lowest BCUT2D eigenvalue weighted by Crippen LogP contribution is -2.35. The highest BCUT2D eigenvalue weighted by molar-refractivity contribution is 6.32. The molecule has 2 rings (SSSR count). The Balaban J connectivity index is 1.87. The topological polar surface area (TPSA) is 84.3 Å². The fraction of sp³-hybridized carbons (Fsp3) is 0.417. The van der Waals surface area contributed by atoms with Gasteiger partial charge in [-0.1, -0.05) is 17.7 Å². The van der Waals surface area contributed by atoms with Crippen molar-refractivity contribution < 1.29 is 9.72 Å². The van der Waals surface area contributed by atoms with Gasteiger partial charge in [-0.05, 0) is 18.1 Å². The van der Waals surface area contributed by atoms with E-state index in [1.165, 1.54) is 12.1 Å². The molecule has 0 aliphatic carbocycles. The van der Waals surface area contributed by atoms with Gasteiger partial charge in [-0.2, -0.15) is 0 Å². The van der Waals surface area contributed by atoms with Gasteiger partial charge in [0.05, 0.1) is 4.92 Å². The Morgan fingerprint density at radius 3 is 2.95 bits per heavy atom. The number of rotatable bonds is 5. The number of amides is 1. The summed E-state index contributed by atoms with van der Waals surface area (Å²) in [5.41, 5.74) is 0.704. The number of nitro groups is 1. The minimum Gasteiger partial charge on any atom is -0.352 e. The first-order valence-corrected chi connectivity index (χ1v) is 6.37. The monoisotopic (exact) mass is 283 g/mol. The van der Waals surface area contributed by atoms with Crippen LogP contribution in [0.15, 0.2) is 18.2 Å². The number of nitro benzene ring substituents is 1. The predicted molar refractivity (Wildman–Crippen MR) is 71.0 cm³/mol. The molecule has 7 heteroatoms. The first-order valence-electron chi connectivity index (χ1n) is 5.99. The molecule has 0 bridgehead atoms. The average Bonchev–Trinajstić information content (AvgIpc) is 2.77. The van der Waals surface area contributed by atoms with E-state index in [0.717, 1.165) is 12.0 Å². The molecular formula is C12H14ClN3O3. The van der Waals surface area contributed by atoms with E-state index in [2.05, 4.69) is 10.6 Å². The van der Waals surface area contributed by atoms with Gasteiger partial charge in [-0.3, -0.25) is 14.9 Å². The van der Waals surface area contributed by atoms with Crippen molar-refractivity contribution in [2.75, 3.05) is 6.54 Å². The second-order valence-electron chi connectivity index (χ2n) is 4.48. The molecule has 1 fully saturated rings. The molecule has 0 aromatic heterocycles. The summed E-state index contributed by atoms with van der Waals surface area (Å²) in [4.78, 5) is 21.3. The Bertz CT molecular complexity index is 507. The zero-order valence-corrected chi connectivity index (χ0v) is 10.9. The highest BCUT2D eigenvalue weighted by Crippen LogP contribution is 2.24. The van der Waals surface area contributed by atoms with Crippen molar-refractivity contribution in [3.8, 4) is 0 Å². The SMILES string of the molecule is O=C1CCC(CNCc2ccc(Cl)c([N+](=O)[O-])c2)N1. The molecule has 102 valence electrons. The lowest BCUT2D eigenvalue weighted by molar-refractivity contribution is -0.384. The number of nitrogens with zero attached hydrogens (tertiary/aromatic N) is 1. The van der Waals surface area contributed by atoms with Crippen molar-refractivity contribution in [2.24, 2.45) is 0 Å². The maximum absolute atomic E-state index is 11.0. The molecule has 1 amide bonds. The van der Waals surface area contributed by atoms with Crippen molar-refractivity contribution in [3.05, 3.63) is 38.9 Å². The van der Waals surface area contributed by atoms with E-state index < -0.39 is 4.92 Å². The average molecular weight is 284 g/mol. The van der Waals surface area contributed by atoms with Crippen LogP contribution in [0.2, 0.25) is 5.02 Å². The molecule has 1 aromatic carbocycles. The first-order chi connectivity index (χ1) is 9.06. The van der Waals surface area contributed by atoms with E-state index in [1.807, 2.05) is 0 Å². The summed E-state index contributed by atoms with van der Waals surface area (Å²) in [6, 6.07) is 4.88. The van der Waals surface area contributed by atoms with Gasteiger partial charge >= 0.3 is 0 Å². The summed E-state index contributed by atoms with van der Waals surface area (Å²) in [6.07, 6.45) is 1.39. The number of carbonyl (C=O) groups is 1. The van der Waals surface area contributed by atoms with Crippen LogP contribution in [-0.4, -0.2) is 23.4 Å². The second-order valence-corrected chi connectivity index (χ2v) is 4.88. The molecule has 2 N–H and O–H groups in total. The van der Waals surface area contributed by atoms with E-state index in [4.69, 9.17) is 11.6 Å². The highest BCUT2D eigenvalue weighted by atomic mass is 35.5. The molecule has 0 spiro atoms. The van der Waals surface area contributed by atoms with Crippen LogP contribution in [0.25, 0.3) is 0 Å². The number of hydrogen-bond acceptors (Lipinski definition) is 4. The van der Waals surface area contributed by atoms with Gasteiger partial charge in [0, 0.05) is 31.6 Å². The normalized spacial score (nSPS) is 18.4. The summed E-state index contributed by atoms with van der Waals surface area (Å²) in [5.74, 6) is 0.0777. The van der Waals surface area contributed by atoms with Gasteiger partial charge in [-0.15, -0.1) is 0 Å². The molecular weight excluding hydrogens is 270 g/mol. The van der Waals surface area contributed by atoms with Gasteiger partial charge in [0.25, 0.3) is 5.69 Å². The Hall–Kier alpha value is -1.66. The van der Waals surface area contributed by atoms with Gasteiger partial charge in [-0.25, -0.2) is 0 Å². The van der Waals surface area contributed by atoms with Crippen molar-refractivity contribution in [2.45, 2.75) is 25.4 Å². The van der Waals surface area contributed by atoms with E-state index >= 15 is 0 Å². The van der Waals surface area contributed by atoms with E-state index in [1.54, 1.807) is 6.07 Å². The van der Waals surface area contributed by atoms with Crippen LogP contribution in [0, 0.1) is 10.1 Å². The summed E-state index contributed by atoms with van der Waals surface area (Å²) in [7, 11) is 0.